The summed E-state index contributed by atoms with van der Waals surface area (Å²) in [5.74, 6) is -2.32. The lowest BCUT2D eigenvalue weighted by molar-refractivity contribution is 0.415. The predicted octanol–water partition coefficient (Wildman–Crippen LogP) is 4.49. The van der Waals surface area contributed by atoms with Crippen molar-refractivity contribution >= 4 is 28.2 Å². The molecule has 0 radical (unpaired) electrons. The third-order valence-electron chi connectivity index (χ3n) is 5.58. The number of aryl methyl sites for hydroxylation is 1. The molecule has 1 saturated carbocycles. The van der Waals surface area contributed by atoms with Crippen molar-refractivity contribution in [3.05, 3.63) is 81.4 Å². The van der Waals surface area contributed by atoms with Gasteiger partial charge in [0, 0.05) is 19.0 Å². The summed E-state index contributed by atoms with van der Waals surface area (Å²) in [6.45, 7) is 1.75. The van der Waals surface area contributed by atoms with Crippen molar-refractivity contribution in [2.24, 2.45) is 7.05 Å². The van der Waals surface area contributed by atoms with Gasteiger partial charge in [-0.3, -0.25) is 14.1 Å². The first kappa shape index (κ1) is 22.9. The first-order valence-electron chi connectivity index (χ1n) is 10.1. The maximum absolute atomic E-state index is 14.5. The summed E-state index contributed by atoms with van der Waals surface area (Å²) < 4.78 is 63.8. The van der Waals surface area contributed by atoms with E-state index in [1.165, 1.54) is 43.0 Å². The monoisotopic (exact) mass is 477 g/mol. The topological polar surface area (TPSA) is 72.4 Å². The first-order chi connectivity index (χ1) is 15.7. The quantitative estimate of drug-likeness (QED) is 0.526. The summed E-state index contributed by atoms with van der Waals surface area (Å²) in [5.41, 5.74) is 1.22. The second-order valence-electron chi connectivity index (χ2n) is 7.90. The molecule has 174 valence electrons. The van der Waals surface area contributed by atoms with Gasteiger partial charge < -0.3 is 10.1 Å². The lowest BCUT2D eigenvalue weighted by atomic mass is 10.1. The molecule has 1 aliphatic rings. The van der Waals surface area contributed by atoms with Crippen LogP contribution in [0, 0.1) is 24.4 Å². The Kier molecular flexibility index (Phi) is 6.20. The van der Waals surface area contributed by atoms with Crippen LogP contribution in [0.5, 0.6) is 5.75 Å². The molecular formula is C23H22F3N3O3S. The molecule has 10 heteroatoms. The summed E-state index contributed by atoms with van der Waals surface area (Å²) >= 11 is 0. The molecule has 1 aromatic heterocycles. The highest BCUT2D eigenvalue weighted by Gasteiger charge is 2.44. The van der Waals surface area contributed by atoms with Gasteiger partial charge in [0.15, 0.2) is 17.4 Å². The number of rotatable bonds is 7. The maximum Gasteiger partial charge on any atom is 0.255 e. The van der Waals surface area contributed by atoms with Crippen molar-refractivity contribution in [2.45, 2.75) is 24.5 Å². The van der Waals surface area contributed by atoms with Gasteiger partial charge in [-0.15, -0.1) is 0 Å². The molecule has 0 saturated heterocycles. The highest BCUT2D eigenvalue weighted by Crippen LogP contribution is 2.46. The minimum atomic E-state index is -1.65. The molecule has 0 amide bonds. The number of nitrogens with one attached hydrogen (secondary N) is 2. The van der Waals surface area contributed by atoms with E-state index in [0.717, 1.165) is 17.7 Å². The SMILES string of the molecule is COc1cc(=O)n(C)c(Nc2ccc(C)cc2F)c1NS(=O)C1CC1c1ccc(F)c(F)c1. The van der Waals surface area contributed by atoms with E-state index < -0.39 is 34.0 Å². The largest absolute Gasteiger partial charge is 0.494 e. The molecular weight excluding hydrogens is 455 g/mol. The minimum Gasteiger partial charge on any atom is -0.494 e. The van der Waals surface area contributed by atoms with E-state index in [-0.39, 0.29) is 34.1 Å². The minimum absolute atomic E-state index is 0.128. The van der Waals surface area contributed by atoms with E-state index in [4.69, 9.17) is 4.74 Å². The van der Waals surface area contributed by atoms with Crippen molar-refractivity contribution < 1.29 is 22.1 Å². The average Bonchev–Trinajstić information content (AvgIpc) is 3.57. The Morgan fingerprint density at radius 3 is 2.48 bits per heavy atom. The number of aromatic nitrogens is 1. The van der Waals surface area contributed by atoms with Crippen LogP contribution in [0.4, 0.5) is 30.4 Å². The Morgan fingerprint density at radius 1 is 1.06 bits per heavy atom. The first-order valence-corrected chi connectivity index (χ1v) is 11.3. The van der Waals surface area contributed by atoms with Gasteiger partial charge in [-0.1, -0.05) is 12.1 Å². The van der Waals surface area contributed by atoms with Crippen molar-refractivity contribution in [3.63, 3.8) is 0 Å². The zero-order valence-corrected chi connectivity index (χ0v) is 18.9. The molecule has 4 rings (SSSR count). The van der Waals surface area contributed by atoms with Crippen LogP contribution in [-0.4, -0.2) is 21.1 Å². The second kappa shape index (κ2) is 8.93. The number of ether oxygens (including phenoxy) is 1. The molecule has 3 unspecified atom stereocenters. The number of hydrogen-bond acceptors (Lipinski definition) is 4. The van der Waals surface area contributed by atoms with E-state index in [9.17, 15) is 22.2 Å². The normalized spacial score (nSPS) is 18.0. The third-order valence-corrected chi connectivity index (χ3v) is 7.06. The zero-order valence-electron chi connectivity index (χ0n) is 18.1. The van der Waals surface area contributed by atoms with Crippen LogP contribution in [0.2, 0.25) is 0 Å². The number of hydrogen-bond donors (Lipinski definition) is 2. The predicted molar refractivity (Wildman–Crippen MR) is 122 cm³/mol. The van der Waals surface area contributed by atoms with Gasteiger partial charge in [-0.05, 0) is 48.7 Å². The molecule has 2 N–H and O–H groups in total. The van der Waals surface area contributed by atoms with E-state index in [0.29, 0.717) is 12.0 Å². The van der Waals surface area contributed by atoms with Gasteiger partial charge in [-0.25, -0.2) is 17.4 Å². The summed E-state index contributed by atoms with van der Waals surface area (Å²) in [4.78, 5) is 12.4. The van der Waals surface area contributed by atoms with Crippen LogP contribution < -0.4 is 20.3 Å². The van der Waals surface area contributed by atoms with Crippen molar-refractivity contribution in [1.82, 2.24) is 4.57 Å². The van der Waals surface area contributed by atoms with Crippen LogP contribution in [0.1, 0.15) is 23.5 Å². The summed E-state index contributed by atoms with van der Waals surface area (Å²) in [6, 6.07) is 9.46. The standard InChI is InChI=1S/C23H22F3N3O3S/c1-12-4-7-18(17(26)8-12)27-23-22(19(32-3)11-21(30)29(23)2)28-33(31)20-10-14(20)13-5-6-15(24)16(25)9-13/h4-9,11,14,20,27-28H,10H2,1-3H3. The highest BCUT2D eigenvalue weighted by molar-refractivity contribution is 7.87. The van der Waals surface area contributed by atoms with E-state index in [1.54, 1.807) is 13.0 Å². The van der Waals surface area contributed by atoms with E-state index >= 15 is 0 Å². The number of pyridine rings is 1. The Bertz CT molecular complexity index is 1310. The van der Waals surface area contributed by atoms with Gasteiger partial charge in [-0.2, -0.15) is 0 Å². The van der Waals surface area contributed by atoms with Gasteiger partial charge in [0.05, 0.1) is 18.0 Å². The Labute approximate surface area is 191 Å². The average molecular weight is 478 g/mol. The zero-order chi connectivity index (χ0) is 23.9. The Balaban J connectivity index is 1.64. The Hall–Kier alpha value is -3.27. The van der Waals surface area contributed by atoms with Gasteiger partial charge >= 0.3 is 0 Å². The van der Waals surface area contributed by atoms with Crippen LogP contribution in [0.15, 0.2) is 47.3 Å². The van der Waals surface area contributed by atoms with Gasteiger partial charge in [0.2, 0.25) is 0 Å². The lowest BCUT2D eigenvalue weighted by Crippen LogP contribution is -2.22. The number of halogens is 3. The Morgan fingerprint density at radius 2 is 1.82 bits per heavy atom. The van der Waals surface area contributed by atoms with Crippen LogP contribution in [0.25, 0.3) is 0 Å². The van der Waals surface area contributed by atoms with Crippen LogP contribution >= 0.6 is 0 Å². The second-order valence-corrected chi connectivity index (χ2v) is 9.30. The lowest BCUT2D eigenvalue weighted by Gasteiger charge is -2.19. The molecule has 1 heterocycles. The van der Waals surface area contributed by atoms with Crippen molar-refractivity contribution in [3.8, 4) is 5.75 Å². The summed E-state index contributed by atoms with van der Waals surface area (Å²) in [5, 5.41) is 2.53. The van der Waals surface area contributed by atoms with E-state index in [1.807, 2.05) is 0 Å². The fourth-order valence-corrected chi connectivity index (χ4v) is 5.00. The molecule has 3 aromatic rings. The smallest absolute Gasteiger partial charge is 0.255 e. The molecule has 1 fully saturated rings. The molecule has 0 bridgehead atoms. The van der Waals surface area contributed by atoms with Gasteiger partial charge in [0.1, 0.15) is 28.3 Å². The fourth-order valence-electron chi connectivity index (χ4n) is 3.61. The van der Waals surface area contributed by atoms with Crippen molar-refractivity contribution in [2.75, 3.05) is 17.1 Å². The molecule has 0 aliphatic heterocycles. The van der Waals surface area contributed by atoms with Crippen LogP contribution in [0.3, 0.4) is 0 Å². The third kappa shape index (κ3) is 4.61. The molecule has 1 aliphatic carbocycles. The number of nitrogens with zero attached hydrogens (tertiary/aromatic N) is 1. The van der Waals surface area contributed by atoms with Gasteiger partial charge in [0.25, 0.3) is 5.56 Å². The van der Waals surface area contributed by atoms with Crippen LogP contribution in [-0.2, 0) is 18.0 Å². The molecule has 3 atom stereocenters. The number of benzene rings is 2. The maximum atomic E-state index is 14.5. The van der Waals surface area contributed by atoms with E-state index in [2.05, 4.69) is 10.0 Å². The number of anilines is 3. The molecule has 6 nitrogen and oxygen atoms in total. The highest BCUT2D eigenvalue weighted by atomic mass is 32.2. The van der Waals surface area contributed by atoms with Crippen molar-refractivity contribution in [1.29, 1.82) is 0 Å². The fraction of sp³-hybridized carbons (Fsp3) is 0.261. The molecule has 33 heavy (non-hydrogen) atoms. The number of methoxy groups -OCH3 is 1. The summed E-state index contributed by atoms with van der Waals surface area (Å²) in [6.07, 6.45) is 0.508. The summed E-state index contributed by atoms with van der Waals surface area (Å²) in [7, 11) is 1.20. The molecule has 0 spiro atoms. The molecule has 2 aromatic carbocycles.